The van der Waals surface area contributed by atoms with Gasteiger partial charge in [-0.2, -0.15) is 0 Å². The molecule has 0 saturated carbocycles. The van der Waals surface area contributed by atoms with E-state index in [0.717, 1.165) is 12.0 Å². The van der Waals surface area contributed by atoms with Crippen molar-refractivity contribution in [2.24, 2.45) is 11.8 Å². The smallest absolute Gasteiger partial charge is 0.186 e. The summed E-state index contributed by atoms with van der Waals surface area (Å²) in [5.41, 5.74) is 0.962. The maximum Gasteiger partial charge on any atom is 0.186 e. The Morgan fingerprint density at radius 2 is 1.50 bits per heavy atom. The van der Waals surface area contributed by atoms with E-state index in [2.05, 4.69) is 13.8 Å². The highest BCUT2D eigenvalue weighted by Crippen LogP contribution is 2.31. The standard InChI is InChI=1S/C25H44O7/c1-10-20(27-5)17(3)14-15-19(26)16(2)12-11-13-18(4)21-22(28-6)23(29-7)24(30-8)25(31-9)32-21/h11-17,19-26H,10H2,1-9H3/b12-11+,15-14+,18-13+/t16?,17?,19?,20?,21-,22-,23+,24-,25+/m1/s1. The number of aliphatic hydroxyl groups excluding tert-OH is 1. The lowest BCUT2D eigenvalue weighted by Crippen LogP contribution is -2.60. The van der Waals surface area contributed by atoms with Crippen molar-refractivity contribution in [1.29, 1.82) is 0 Å². The van der Waals surface area contributed by atoms with Crippen LogP contribution in [-0.4, -0.2) is 83.6 Å². The van der Waals surface area contributed by atoms with Crippen molar-refractivity contribution in [2.45, 2.75) is 77.0 Å². The molecule has 7 heteroatoms. The quantitative estimate of drug-likeness (QED) is 0.336. The first-order valence-electron chi connectivity index (χ1n) is 11.3. The average Bonchev–Trinajstić information content (AvgIpc) is 2.81. The van der Waals surface area contributed by atoms with Crippen LogP contribution in [-0.2, 0) is 28.4 Å². The summed E-state index contributed by atoms with van der Waals surface area (Å²) in [6, 6.07) is 0. The minimum Gasteiger partial charge on any atom is -0.388 e. The van der Waals surface area contributed by atoms with Gasteiger partial charge in [0.25, 0.3) is 0 Å². The van der Waals surface area contributed by atoms with E-state index >= 15 is 0 Å². The van der Waals surface area contributed by atoms with Gasteiger partial charge in [0.15, 0.2) is 6.29 Å². The SMILES string of the molecule is CCC(OC)C(C)/C=C/C(O)C(C)/C=C/C=C(\C)[C@H]1O[C@H](OC)[C@H](OC)[C@@H](OC)[C@@H]1OC. The summed E-state index contributed by atoms with van der Waals surface area (Å²) in [4.78, 5) is 0. The van der Waals surface area contributed by atoms with Gasteiger partial charge in [0.1, 0.15) is 24.4 Å². The van der Waals surface area contributed by atoms with Gasteiger partial charge in [-0.05, 0) is 18.9 Å². The Hall–Kier alpha value is -1.06. The van der Waals surface area contributed by atoms with Crippen molar-refractivity contribution in [3.05, 3.63) is 36.0 Å². The second kappa shape index (κ2) is 15.0. The van der Waals surface area contributed by atoms with E-state index in [9.17, 15) is 5.11 Å². The fourth-order valence-electron chi connectivity index (χ4n) is 4.07. The third-order valence-electron chi connectivity index (χ3n) is 6.21. The second-order valence-electron chi connectivity index (χ2n) is 8.33. The van der Waals surface area contributed by atoms with Crippen LogP contribution in [0.3, 0.4) is 0 Å². The highest BCUT2D eigenvalue weighted by molar-refractivity contribution is 5.19. The van der Waals surface area contributed by atoms with Crippen LogP contribution in [0.2, 0.25) is 0 Å². The Labute approximate surface area is 194 Å². The summed E-state index contributed by atoms with van der Waals surface area (Å²) >= 11 is 0. The molecule has 0 aromatic carbocycles. The van der Waals surface area contributed by atoms with Gasteiger partial charge in [-0.25, -0.2) is 0 Å². The van der Waals surface area contributed by atoms with Gasteiger partial charge >= 0.3 is 0 Å². The normalized spacial score (nSPS) is 31.2. The zero-order valence-electron chi connectivity index (χ0n) is 21.2. The summed E-state index contributed by atoms with van der Waals surface area (Å²) in [7, 11) is 8.17. The molecule has 1 fully saturated rings. The van der Waals surface area contributed by atoms with Crippen molar-refractivity contribution in [3.8, 4) is 0 Å². The van der Waals surface area contributed by atoms with Crippen LogP contribution in [0.25, 0.3) is 0 Å². The van der Waals surface area contributed by atoms with E-state index in [0.29, 0.717) is 0 Å². The molecule has 9 atom stereocenters. The molecule has 1 aliphatic heterocycles. The molecule has 0 aromatic heterocycles. The van der Waals surface area contributed by atoms with Gasteiger partial charge in [0.05, 0.1) is 12.2 Å². The maximum absolute atomic E-state index is 10.5. The van der Waals surface area contributed by atoms with Crippen molar-refractivity contribution < 1.29 is 33.5 Å². The fraction of sp³-hybridized carbons (Fsp3) is 0.760. The molecule has 1 rings (SSSR count). The monoisotopic (exact) mass is 456 g/mol. The predicted molar refractivity (Wildman–Crippen MR) is 126 cm³/mol. The predicted octanol–water partition coefficient (Wildman–Crippen LogP) is 3.52. The van der Waals surface area contributed by atoms with Crippen molar-refractivity contribution in [2.75, 3.05) is 35.5 Å². The van der Waals surface area contributed by atoms with E-state index in [1.807, 2.05) is 44.2 Å². The van der Waals surface area contributed by atoms with Crippen LogP contribution in [0.5, 0.6) is 0 Å². The van der Waals surface area contributed by atoms with E-state index in [-0.39, 0.29) is 36.3 Å². The third kappa shape index (κ3) is 7.76. The van der Waals surface area contributed by atoms with Gasteiger partial charge < -0.3 is 33.5 Å². The number of rotatable bonds is 13. The number of hydrogen-bond acceptors (Lipinski definition) is 7. The first-order chi connectivity index (χ1) is 15.3. The number of allylic oxidation sites excluding steroid dienone is 2. The van der Waals surface area contributed by atoms with Crippen molar-refractivity contribution in [1.82, 2.24) is 0 Å². The zero-order chi connectivity index (χ0) is 24.3. The van der Waals surface area contributed by atoms with Gasteiger partial charge in [-0.1, -0.05) is 51.2 Å². The molecule has 186 valence electrons. The molecule has 0 aliphatic carbocycles. The average molecular weight is 457 g/mol. The second-order valence-corrected chi connectivity index (χ2v) is 8.33. The van der Waals surface area contributed by atoms with Crippen LogP contribution in [0.4, 0.5) is 0 Å². The number of hydrogen-bond donors (Lipinski definition) is 1. The number of ether oxygens (including phenoxy) is 6. The molecule has 0 aromatic rings. The highest BCUT2D eigenvalue weighted by Gasteiger charge is 2.47. The fourth-order valence-corrected chi connectivity index (χ4v) is 4.07. The molecule has 0 bridgehead atoms. The van der Waals surface area contributed by atoms with Gasteiger partial charge in [-0.3, -0.25) is 0 Å². The van der Waals surface area contributed by atoms with Crippen LogP contribution >= 0.6 is 0 Å². The molecule has 1 heterocycles. The maximum atomic E-state index is 10.5. The molecule has 1 N–H and O–H groups in total. The summed E-state index contributed by atoms with van der Waals surface area (Å²) in [5, 5.41) is 10.5. The van der Waals surface area contributed by atoms with E-state index in [4.69, 9.17) is 28.4 Å². The molecule has 0 radical (unpaired) electrons. The van der Waals surface area contributed by atoms with Crippen LogP contribution < -0.4 is 0 Å². The molecule has 1 saturated heterocycles. The molecular formula is C25H44O7. The molecule has 4 unspecified atom stereocenters. The number of methoxy groups -OCH3 is 5. The lowest BCUT2D eigenvalue weighted by atomic mass is 9.93. The topological polar surface area (TPSA) is 75.6 Å². The van der Waals surface area contributed by atoms with Crippen molar-refractivity contribution >= 4 is 0 Å². The van der Waals surface area contributed by atoms with Crippen LogP contribution in [0, 0.1) is 11.8 Å². The van der Waals surface area contributed by atoms with E-state index in [1.54, 1.807) is 35.5 Å². The Morgan fingerprint density at radius 1 is 0.875 bits per heavy atom. The van der Waals surface area contributed by atoms with Gasteiger partial charge in [-0.15, -0.1) is 0 Å². The molecular weight excluding hydrogens is 412 g/mol. The van der Waals surface area contributed by atoms with E-state index < -0.39 is 18.5 Å². The Bertz CT molecular complexity index is 599. The minimum absolute atomic E-state index is 0.0491. The third-order valence-corrected chi connectivity index (χ3v) is 6.21. The van der Waals surface area contributed by atoms with Crippen LogP contribution in [0.1, 0.15) is 34.1 Å². The summed E-state index contributed by atoms with van der Waals surface area (Å²) in [6.45, 7) is 8.15. The lowest BCUT2D eigenvalue weighted by molar-refractivity contribution is -0.295. The Morgan fingerprint density at radius 3 is 2.00 bits per heavy atom. The van der Waals surface area contributed by atoms with Gasteiger partial charge in [0.2, 0.25) is 0 Å². The summed E-state index contributed by atoms with van der Waals surface area (Å²) in [6.07, 6.45) is 8.25. The van der Waals surface area contributed by atoms with Gasteiger partial charge in [0, 0.05) is 47.4 Å². The van der Waals surface area contributed by atoms with Crippen molar-refractivity contribution in [3.63, 3.8) is 0 Å². The Kier molecular flexibility index (Phi) is 13.5. The first-order valence-corrected chi connectivity index (χ1v) is 11.3. The number of aliphatic hydroxyl groups is 1. The summed E-state index contributed by atoms with van der Waals surface area (Å²) < 4.78 is 34.0. The summed E-state index contributed by atoms with van der Waals surface area (Å²) in [5.74, 6) is 0.192. The van der Waals surface area contributed by atoms with E-state index in [1.165, 1.54) is 0 Å². The molecule has 0 spiro atoms. The Balaban J connectivity index is 2.85. The largest absolute Gasteiger partial charge is 0.388 e. The zero-order valence-corrected chi connectivity index (χ0v) is 21.2. The lowest BCUT2D eigenvalue weighted by Gasteiger charge is -2.44. The molecule has 32 heavy (non-hydrogen) atoms. The minimum atomic E-state index is -0.576. The highest BCUT2D eigenvalue weighted by atomic mass is 16.7. The molecule has 7 nitrogen and oxygen atoms in total. The first kappa shape index (κ1) is 29.0. The molecule has 1 aliphatic rings. The van der Waals surface area contributed by atoms with Crippen LogP contribution in [0.15, 0.2) is 36.0 Å². The molecule has 0 amide bonds.